The highest BCUT2D eigenvalue weighted by Gasteiger charge is 2.20. The van der Waals surface area contributed by atoms with Gasteiger partial charge in [-0.25, -0.2) is 0 Å². The largest absolute Gasteiger partial charge is 0.396 e. The van der Waals surface area contributed by atoms with Gasteiger partial charge >= 0.3 is 0 Å². The van der Waals surface area contributed by atoms with Crippen LogP contribution in [0.1, 0.15) is 20.3 Å². The Balaban J connectivity index is 4.43. The first-order chi connectivity index (χ1) is 8.40. The van der Waals surface area contributed by atoms with Crippen LogP contribution in [0.2, 0.25) is 0 Å². The second-order valence-electron chi connectivity index (χ2n) is 4.81. The molecule has 0 bridgehead atoms. The van der Waals surface area contributed by atoms with E-state index in [1.165, 1.54) is 4.90 Å². The zero-order valence-corrected chi connectivity index (χ0v) is 11.5. The molecule has 3 unspecified atom stereocenters. The maximum atomic E-state index is 12.0. The SMILES string of the molecule is CNCC(CO)CC(=O)N(CC(C)O)CC(C)O. The fourth-order valence-electron chi connectivity index (χ4n) is 1.78. The van der Waals surface area contributed by atoms with Crippen molar-refractivity contribution in [3.8, 4) is 0 Å². The number of hydrogen-bond acceptors (Lipinski definition) is 5. The second-order valence-corrected chi connectivity index (χ2v) is 4.81. The van der Waals surface area contributed by atoms with E-state index in [-0.39, 0.29) is 37.9 Å². The Bertz CT molecular complexity index is 224. The molecular formula is C12H26N2O4. The molecule has 0 aliphatic rings. The quantitative estimate of drug-likeness (QED) is 0.419. The molecule has 1 amide bonds. The van der Waals surface area contributed by atoms with Crippen LogP contribution in [0.4, 0.5) is 0 Å². The van der Waals surface area contributed by atoms with E-state index in [2.05, 4.69) is 5.32 Å². The predicted molar refractivity (Wildman–Crippen MR) is 69.1 cm³/mol. The number of nitrogens with zero attached hydrogens (tertiary/aromatic N) is 1. The minimum atomic E-state index is -0.635. The van der Waals surface area contributed by atoms with Gasteiger partial charge in [-0.1, -0.05) is 0 Å². The lowest BCUT2D eigenvalue weighted by atomic mass is 10.1. The molecule has 0 aliphatic carbocycles. The number of carbonyl (C=O) groups is 1. The van der Waals surface area contributed by atoms with Gasteiger partial charge in [0, 0.05) is 38.6 Å². The summed E-state index contributed by atoms with van der Waals surface area (Å²) in [6, 6.07) is 0. The molecule has 0 spiro atoms. The second kappa shape index (κ2) is 9.27. The summed E-state index contributed by atoms with van der Waals surface area (Å²) in [5, 5.41) is 30.7. The van der Waals surface area contributed by atoms with Crippen LogP contribution in [0.15, 0.2) is 0 Å². The van der Waals surface area contributed by atoms with Crippen molar-refractivity contribution in [2.45, 2.75) is 32.5 Å². The fourth-order valence-corrected chi connectivity index (χ4v) is 1.78. The van der Waals surface area contributed by atoms with Gasteiger partial charge < -0.3 is 25.5 Å². The van der Waals surface area contributed by atoms with Crippen molar-refractivity contribution in [2.75, 3.05) is 33.3 Å². The van der Waals surface area contributed by atoms with Gasteiger partial charge in [-0.05, 0) is 20.9 Å². The van der Waals surface area contributed by atoms with Crippen LogP contribution in [0.5, 0.6) is 0 Å². The Hall–Kier alpha value is -0.690. The third-order valence-corrected chi connectivity index (χ3v) is 2.54. The Morgan fingerprint density at radius 1 is 1.22 bits per heavy atom. The van der Waals surface area contributed by atoms with Crippen molar-refractivity contribution in [2.24, 2.45) is 5.92 Å². The van der Waals surface area contributed by atoms with Gasteiger partial charge in [0.1, 0.15) is 0 Å². The first-order valence-electron chi connectivity index (χ1n) is 6.30. The van der Waals surface area contributed by atoms with Gasteiger partial charge in [-0.3, -0.25) is 4.79 Å². The number of nitrogens with one attached hydrogen (secondary N) is 1. The van der Waals surface area contributed by atoms with E-state index in [1.54, 1.807) is 20.9 Å². The minimum absolute atomic E-state index is 0.0657. The summed E-state index contributed by atoms with van der Waals surface area (Å²) >= 11 is 0. The van der Waals surface area contributed by atoms with Crippen LogP contribution < -0.4 is 5.32 Å². The van der Waals surface area contributed by atoms with Crippen LogP contribution in [0.3, 0.4) is 0 Å². The lowest BCUT2D eigenvalue weighted by Gasteiger charge is -2.27. The summed E-state index contributed by atoms with van der Waals surface area (Å²) in [7, 11) is 1.76. The van der Waals surface area contributed by atoms with Crippen LogP contribution in [0.25, 0.3) is 0 Å². The van der Waals surface area contributed by atoms with Gasteiger partial charge in [0.25, 0.3) is 0 Å². The first-order valence-corrected chi connectivity index (χ1v) is 6.30. The minimum Gasteiger partial charge on any atom is -0.396 e. The molecule has 0 saturated carbocycles. The molecule has 0 aromatic heterocycles. The number of rotatable bonds is 9. The summed E-state index contributed by atoms with van der Waals surface area (Å²) in [5.41, 5.74) is 0. The van der Waals surface area contributed by atoms with Crippen LogP contribution in [-0.2, 0) is 4.79 Å². The van der Waals surface area contributed by atoms with E-state index in [1.807, 2.05) is 0 Å². The molecule has 18 heavy (non-hydrogen) atoms. The molecule has 108 valence electrons. The zero-order valence-electron chi connectivity index (χ0n) is 11.5. The van der Waals surface area contributed by atoms with Crippen molar-refractivity contribution >= 4 is 5.91 Å². The van der Waals surface area contributed by atoms with Crippen LogP contribution in [-0.4, -0.2) is 71.6 Å². The summed E-state index contributed by atoms with van der Waals surface area (Å²) in [6.07, 6.45) is -1.06. The molecule has 0 fully saturated rings. The average molecular weight is 262 g/mol. The molecule has 0 saturated heterocycles. The molecule has 4 N–H and O–H groups in total. The maximum Gasteiger partial charge on any atom is 0.223 e. The van der Waals surface area contributed by atoms with E-state index in [9.17, 15) is 15.0 Å². The normalized spacial score (nSPS) is 16.1. The lowest BCUT2D eigenvalue weighted by Crippen LogP contribution is -2.42. The molecule has 0 radical (unpaired) electrons. The Morgan fingerprint density at radius 3 is 2.06 bits per heavy atom. The molecular weight excluding hydrogens is 236 g/mol. The number of aliphatic hydroxyl groups is 3. The monoisotopic (exact) mass is 262 g/mol. The summed E-state index contributed by atoms with van der Waals surface area (Å²) < 4.78 is 0. The number of carbonyl (C=O) groups excluding carboxylic acids is 1. The van der Waals surface area contributed by atoms with E-state index in [0.717, 1.165) is 0 Å². The number of aliphatic hydroxyl groups excluding tert-OH is 3. The van der Waals surface area contributed by atoms with Crippen LogP contribution >= 0.6 is 0 Å². The number of amides is 1. The fraction of sp³-hybridized carbons (Fsp3) is 0.917. The molecule has 0 aliphatic heterocycles. The van der Waals surface area contributed by atoms with Crippen molar-refractivity contribution < 1.29 is 20.1 Å². The summed E-state index contributed by atoms with van der Waals surface area (Å²) in [5.74, 6) is -0.306. The molecule has 6 nitrogen and oxygen atoms in total. The molecule has 3 atom stereocenters. The number of hydrogen-bond donors (Lipinski definition) is 4. The molecule has 0 aromatic rings. The van der Waals surface area contributed by atoms with E-state index >= 15 is 0 Å². The highest BCUT2D eigenvalue weighted by atomic mass is 16.3. The smallest absolute Gasteiger partial charge is 0.223 e. The summed E-state index contributed by atoms with van der Waals surface area (Å²) in [6.45, 7) is 4.07. The van der Waals surface area contributed by atoms with E-state index < -0.39 is 12.2 Å². The van der Waals surface area contributed by atoms with Crippen molar-refractivity contribution in [1.29, 1.82) is 0 Å². The lowest BCUT2D eigenvalue weighted by molar-refractivity contribution is -0.135. The Kier molecular flexibility index (Phi) is 8.91. The summed E-state index contributed by atoms with van der Waals surface area (Å²) in [4.78, 5) is 13.5. The third-order valence-electron chi connectivity index (χ3n) is 2.54. The topological polar surface area (TPSA) is 93.0 Å². The van der Waals surface area contributed by atoms with Gasteiger partial charge in [0.15, 0.2) is 0 Å². The van der Waals surface area contributed by atoms with Crippen molar-refractivity contribution in [3.63, 3.8) is 0 Å². The maximum absolute atomic E-state index is 12.0. The highest BCUT2D eigenvalue weighted by molar-refractivity contribution is 5.76. The molecule has 6 heteroatoms. The van der Waals surface area contributed by atoms with Gasteiger partial charge in [-0.2, -0.15) is 0 Å². The van der Waals surface area contributed by atoms with Crippen LogP contribution in [0, 0.1) is 5.92 Å². The van der Waals surface area contributed by atoms with E-state index in [4.69, 9.17) is 5.11 Å². The average Bonchev–Trinajstić information content (AvgIpc) is 2.26. The standard InChI is InChI=1S/C12H26N2O4/c1-9(16)6-14(7-10(2)17)12(18)4-11(8-15)5-13-3/h9-11,13,15-17H,4-8H2,1-3H3. The predicted octanol–water partition coefficient (Wildman–Crippen LogP) is -1.21. The van der Waals surface area contributed by atoms with Crippen molar-refractivity contribution in [3.05, 3.63) is 0 Å². The Morgan fingerprint density at radius 2 is 1.72 bits per heavy atom. The van der Waals surface area contributed by atoms with Gasteiger partial charge in [-0.15, -0.1) is 0 Å². The van der Waals surface area contributed by atoms with Gasteiger partial charge in [0.05, 0.1) is 12.2 Å². The molecule has 0 aromatic carbocycles. The van der Waals surface area contributed by atoms with Gasteiger partial charge in [0.2, 0.25) is 5.91 Å². The van der Waals surface area contributed by atoms with E-state index in [0.29, 0.717) is 6.54 Å². The highest BCUT2D eigenvalue weighted by Crippen LogP contribution is 2.07. The Labute approximate surface area is 109 Å². The zero-order chi connectivity index (χ0) is 14.1. The molecule has 0 heterocycles. The van der Waals surface area contributed by atoms with Crippen molar-refractivity contribution in [1.82, 2.24) is 10.2 Å². The molecule has 0 rings (SSSR count). The third kappa shape index (κ3) is 7.60. The first kappa shape index (κ1) is 17.3.